The van der Waals surface area contributed by atoms with Gasteiger partial charge >= 0.3 is 0 Å². The second kappa shape index (κ2) is 7.97. The normalized spacial score (nSPS) is 17.6. The molecule has 1 aliphatic rings. The minimum absolute atomic E-state index is 0.414. The third-order valence-electron chi connectivity index (χ3n) is 4.37. The van der Waals surface area contributed by atoms with Gasteiger partial charge in [0.05, 0.1) is 14.2 Å². The van der Waals surface area contributed by atoms with Crippen molar-refractivity contribution in [1.82, 2.24) is 15.5 Å². The van der Waals surface area contributed by atoms with Gasteiger partial charge in [-0.05, 0) is 43.2 Å². The van der Waals surface area contributed by atoms with Crippen LogP contribution in [0.1, 0.15) is 18.4 Å². The average Bonchev–Trinajstić information content (AvgIpc) is 2.67. The van der Waals surface area contributed by atoms with Crippen LogP contribution in [-0.4, -0.2) is 43.5 Å². The number of aromatic nitrogens is 2. The number of hydrogen-bond acceptors (Lipinski definition) is 6. The molecule has 1 atom stereocenters. The summed E-state index contributed by atoms with van der Waals surface area (Å²) in [5.74, 6) is 2.67. The van der Waals surface area contributed by atoms with E-state index in [4.69, 9.17) is 9.47 Å². The van der Waals surface area contributed by atoms with Gasteiger partial charge in [-0.2, -0.15) is 5.10 Å². The van der Waals surface area contributed by atoms with Gasteiger partial charge in [0, 0.05) is 37.4 Å². The van der Waals surface area contributed by atoms with Crippen molar-refractivity contribution >= 4 is 5.82 Å². The van der Waals surface area contributed by atoms with Crippen molar-refractivity contribution in [2.75, 3.05) is 32.2 Å². The Hall–Kier alpha value is -2.34. The Balaban J connectivity index is 1.62. The number of nitrogens with zero attached hydrogens (tertiary/aromatic N) is 3. The molecular formula is C18H24N4O2. The Morgan fingerprint density at radius 3 is 2.92 bits per heavy atom. The van der Waals surface area contributed by atoms with Crippen LogP contribution in [0.15, 0.2) is 36.5 Å². The molecule has 0 spiro atoms. The Kier molecular flexibility index (Phi) is 5.48. The molecule has 0 bridgehead atoms. The molecule has 128 valence electrons. The minimum atomic E-state index is 0.414. The first-order valence-corrected chi connectivity index (χ1v) is 8.27. The molecule has 0 aliphatic carbocycles. The molecule has 0 saturated carbocycles. The summed E-state index contributed by atoms with van der Waals surface area (Å²) < 4.78 is 10.8. The summed E-state index contributed by atoms with van der Waals surface area (Å²) >= 11 is 0. The Bertz CT molecular complexity index is 651. The second-order valence-corrected chi connectivity index (χ2v) is 5.93. The fourth-order valence-electron chi connectivity index (χ4n) is 3.09. The van der Waals surface area contributed by atoms with E-state index in [2.05, 4.69) is 20.4 Å². The van der Waals surface area contributed by atoms with Gasteiger partial charge in [0.2, 0.25) is 0 Å². The standard InChI is InChI=1S/C18H24N4O2/c1-23-16-7-8-17(24-2)14(11-16)12-19-15-5-4-10-22(13-15)18-6-3-9-20-21-18/h3,6-9,11,15,19H,4-5,10,12-13H2,1-2H3/t15-/m0/s1. The quantitative estimate of drug-likeness (QED) is 0.878. The maximum absolute atomic E-state index is 5.45. The molecule has 6 nitrogen and oxygen atoms in total. The maximum Gasteiger partial charge on any atom is 0.151 e. The first-order valence-electron chi connectivity index (χ1n) is 8.27. The second-order valence-electron chi connectivity index (χ2n) is 5.93. The molecule has 1 saturated heterocycles. The maximum atomic E-state index is 5.45. The van der Waals surface area contributed by atoms with Gasteiger partial charge in [0.1, 0.15) is 11.5 Å². The van der Waals surface area contributed by atoms with Gasteiger partial charge < -0.3 is 19.7 Å². The molecule has 0 radical (unpaired) electrons. The van der Waals surface area contributed by atoms with Crippen molar-refractivity contribution in [3.8, 4) is 11.5 Å². The van der Waals surface area contributed by atoms with Crippen molar-refractivity contribution in [2.24, 2.45) is 0 Å². The first-order chi connectivity index (χ1) is 11.8. The van der Waals surface area contributed by atoms with Crippen LogP contribution in [0.3, 0.4) is 0 Å². The van der Waals surface area contributed by atoms with Crippen LogP contribution in [0.2, 0.25) is 0 Å². The van der Waals surface area contributed by atoms with Gasteiger partial charge in [0.15, 0.2) is 5.82 Å². The van der Waals surface area contributed by atoms with E-state index in [1.165, 1.54) is 0 Å². The Labute approximate surface area is 142 Å². The highest BCUT2D eigenvalue weighted by Gasteiger charge is 2.21. The number of nitrogens with one attached hydrogen (secondary N) is 1. The highest BCUT2D eigenvalue weighted by molar-refractivity contribution is 5.40. The minimum Gasteiger partial charge on any atom is -0.497 e. The van der Waals surface area contributed by atoms with E-state index in [0.29, 0.717) is 6.04 Å². The molecule has 1 fully saturated rings. The fraction of sp³-hybridized carbons (Fsp3) is 0.444. The summed E-state index contributed by atoms with van der Waals surface area (Å²) in [6.07, 6.45) is 4.00. The molecule has 6 heteroatoms. The number of piperidine rings is 1. The smallest absolute Gasteiger partial charge is 0.151 e. The highest BCUT2D eigenvalue weighted by atomic mass is 16.5. The number of ether oxygens (including phenoxy) is 2. The number of hydrogen-bond donors (Lipinski definition) is 1. The van der Waals surface area contributed by atoms with Crippen molar-refractivity contribution in [3.63, 3.8) is 0 Å². The summed E-state index contributed by atoms with van der Waals surface area (Å²) in [5.41, 5.74) is 1.11. The number of methoxy groups -OCH3 is 2. The van der Waals surface area contributed by atoms with Crippen molar-refractivity contribution in [1.29, 1.82) is 0 Å². The first kappa shape index (κ1) is 16.5. The van der Waals surface area contributed by atoms with Gasteiger partial charge in [0.25, 0.3) is 0 Å². The molecule has 2 aromatic rings. The average molecular weight is 328 g/mol. The van der Waals surface area contributed by atoms with Crippen molar-refractivity contribution in [3.05, 3.63) is 42.1 Å². The zero-order chi connectivity index (χ0) is 16.8. The van der Waals surface area contributed by atoms with Gasteiger partial charge in [-0.15, -0.1) is 5.10 Å². The van der Waals surface area contributed by atoms with Crippen LogP contribution in [-0.2, 0) is 6.54 Å². The highest BCUT2D eigenvalue weighted by Crippen LogP contribution is 2.24. The van der Waals surface area contributed by atoms with E-state index >= 15 is 0 Å². The molecule has 2 heterocycles. The summed E-state index contributed by atoms with van der Waals surface area (Å²) in [7, 11) is 3.38. The monoisotopic (exact) mass is 328 g/mol. The fourth-order valence-corrected chi connectivity index (χ4v) is 3.09. The van der Waals surface area contributed by atoms with E-state index in [-0.39, 0.29) is 0 Å². The van der Waals surface area contributed by atoms with E-state index in [1.54, 1.807) is 20.4 Å². The summed E-state index contributed by atoms with van der Waals surface area (Å²) in [6, 6.07) is 10.2. The van der Waals surface area contributed by atoms with Crippen LogP contribution in [0.4, 0.5) is 5.82 Å². The lowest BCUT2D eigenvalue weighted by Crippen LogP contribution is -2.45. The van der Waals surface area contributed by atoms with Crippen LogP contribution in [0.5, 0.6) is 11.5 Å². The van der Waals surface area contributed by atoms with E-state index < -0.39 is 0 Å². The van der Waals surface area contributed by atoms with E-state index in [1.807, 2.05) is 30.3 Å². The third-order valence-corrected chi connectivity index (χ3v) is 4.37. The van der Waals surface area contributed by atoms with Gasteiger partial charge in [-0.25, -0.2) is 0 Å². The Morgan fingerprint density at radius 1 is 1.25 bits per heavy atom. The van der Waals surface area contributed by atoms with Crippen LogP contribution < -0.4 is 19.7 Å². The number of rotatable bonds is 6. The van der Waals surface area contributed by atoms with Crippen LogP contribution in [0.25, 0.3) is 0 Å². The predicted octanol–water partition coefficient (Wildman–Crippen LogP) is 2.25. The SMILES string of the molecule is COc1ccc(OC)c(CN[C@H]2CCCN(c3cccnn3)C2)c1. The predicted molar refractivity (Wildman–Crippen MR) is 93.7 cm³/mol. The van der Waals surface area contributed by atoms with E-state index in [0.717, 1.165) is 55.4 Å². The lowest BCUT2D eigenvalue weighted by atomic mass is 10.0. The zero-order valence-electron chi connectivity index (χ0n) is 14.2. The van der Waals surface area contributed by atoms with E-state index in [9.17, 15) is 0 Å². The van der Waals surface area contributed by atoms with Crippen molar-refractivity contribution < 1.29 is 9.47 Å². The van der Waals surface area contributed by atoms with Crippen LogP contribution in [0, 0.1) is 0 Å². The van der Waals surface area contributed by atoms with Crippen molar-refractivity contribution in [2.45, 2.75) is 25.4 Å². The lowest BCUT2D eigenvalue weighted by molar-refractivity contribution is 0.387. The molecule has 1 aliphatic heterocycles. The Morgan fingerprint density at radius 2 is 2.17 bits per heavy atom. The number of anilines is 1. The van der Waals surface area contributed by atoms with Gasteiger partial charge in [-0.3, -0.25) is 0 Å². The number of benzene rings is 1. The molecule has 1 aromatic carbocycles. The molecule has 3 rings (SSSR count). The summed E-state index contributed by atoms with van der Waals surface area (Å²) in [5, 5.41) is 11.8. The molecule has 24 heavy (non-hydrogen) atoms. The lowest BCUT2D eigenvalue weighted by Gasteiger charge is -2.33. The molecule has 1 aromatic heterocycles. The van der Waals surface area contributed by atoms with Gasteiger partial charge in [-0.1, -0.05) is 0 Å². The third kappa shape index (κ3) is 3.94. The molecule has 1 N–H and O–H groups in total. The molecular weight excluding hydrogens is 304 g/mol. The topological polar surface area (TPSA) is 59.5 Å². The molecule has 0 unspecified atom stereocenters. The summed E-state index contributed by atoms with van der Waals surface area (Å²) in [4.78, 5) is 2.29. The molecule has 0 amide bonds. The summed E-state index contributed by atoms with van der Waals surface area (Å²) in [6.45, 7) is 2.71. The largest absolute Gasteiger partial charge is 0.497 e. The zero-order valence-corrected chi connectivity index (χ0v) is 14.2. The van der Waals surface area contributed by atoms with Crippen LogP contribution >= 0.6 is 0 Å².